The number of carbonyl (C=O) groups excluding carboxylic acids is 1. The number of nitrogens with one attached hydrogen (secondary N) is 1. The van der Waals surface area contributed by atoms with Crippen molar-refractivity contribution < 1.29 is 18.3 Å². The predicted octanol–water partition coefficient (Wildman–Crippen LogP) is 6.18. The lowest BCUT2D eigenvalue weighted by Crippen LogP contribution is -2.20. The average molecular weight is 411 g/mol. The van der Waals surface area contributed by atoms with Crippen LogP contribution in [0.15, 0.2) is 24.4 Å². The number of rotatable bonds is 9. The Balaban J connectivity index is 2.58. The van der Waals surface area contributed by atoms with Gasteiger partial charge in [-0.25, -0.2) is 13.6 Å². The Morgan fingerprint density at radius 1 is 1.32 bits per heavy atom. The van der Waals surface area contributed by atoms with Gasteiger partial charge in [-0.2, -0.15) is 0 Å². The van der Waals surface area contributed by atoms with Gasteiger partial charge in [0.2, 0.25) is 0 Å². The Morgan fingerprint density at radius 3 is 2.61 bits per heavy atom. The van der Waals surface area contributed by atoms with E-state index in [4.69, 9.17) is 17.0 Å². The van der Waals surface area contributed by atoms with E-state index in [0.717, 1.165) is 6.42 Å². The molecule has 0 fully saturated rings. The van der Waals surface area contributed by atoms with Crippen LogP contribution in [0, 0.1) is 4.77 Å². The minimum Gasteiger partial charge on any atom is -0.464 e. The largest absolute Gasteiger partial charge is 0.464 e. The van der Waals surface area contributed by atoms with E-state index in [1.165, 1.54) is 13.3 Å². The number of hydrogen-bond donors (Lipinski definition) is 1. The smallest absolute Gasteiger partial charge is 0.356 e. The maximum absolute atomic E-state index is 14.9. The molecule has 1 aromatic heterocycles. The number of halogens is 2. The fourth-order valence-corrected chi connectivity index (χ4v) is 3.79. The van der Waals surface area contributed by atoms with Gasteiger partial charge in [0.1, 0.15) is 5.69 Å². The highest BCUT2D eigenvalue weighted by molar-refractivity contribution is 7.71. The van der Waals surface area contributed by atoms with E-state index in [9.17, 15) is 13.6 Å². The summed E-state index contributed by atoms with van der Waals surface area (Å²) in [5.74, 6) is -3.41. The summed E-state index contributed by atoms with van der Waals surface area (Å²) < 4.78 is 36.7. The molecule has 1 heterocycles. The number of imidazole rings is 1. The van der Waals surface area contributed by atoms with Crippen LogP contribution in [-0.4, -0.2) is 22.6 Å². The molecule has 0 amide bonds. The first-order valence-electron chi connectivity index (χ1n) is 9.69. The number of ether oxygens (including phenoxy) is 1. The normalized spacial score (nSPS) is 12.8. The molecule has 0 aliphatic carbocycles. The van der Waals surface area contributed by atoms with E-state index in [2.05, 4.69) is 4.98 Å². The first kappa shape index (κ1) is 22.3. The molecule has 0 aliphatic rings. The third-order valence-corrected chi connectivity index (χ3v) is 5.36. The van der Waals surface area contributed by atoms with Crippen molar-refractivity contribution in [1.82, 2.24) is 9.55 Å². The fraction of sp³-hybridized carbons (Fsp3) is 0.524. The molecule has 0 bridgehead atoms. The van der Waals surface area contributed by atoms with E-state index in [0.29, 0.717) is 35.2 Å². The highest BCUT2D eigenvalue weighted by atomic mass is 32.1. The number of hydrogen-bond acceptors (Lipinski definition) is 3. The summed E-state index contributed by atoms with van der Waals surface area (Å²) in [4.78, 5) is 15.0. The molecule has 0 radical (unpaired) electrons. The number of aryl methyl sites for hydroxylation is 1. The van der Waals surface area contributed by atoms with Gasteiger partial charge in [-0.1, -0.05) is 39.3 Å². The summed E-state index contributed by atoms with van der Waals surface area (Å²) in [6.45, 7) is 5.72. The van der Waals surface area contributed by atoms with E-state index >= 15 is 0 Å². The zero-order chi connectivity index (χ0) is 20.9. The standard InChI is InChI=1S/C21H28F2N2O2S/c1-5-8-11-21(22,23)16-12-15(10-9-14(16)6-2)17(7-3)25-18(19(26)27-4)13-24-20(25)28/h9-10,12-13,17H,5-8,11H2,1-4H3,(H,24,28). The van der Waals surface area contributed by atoms with Crippen molar-refractivity contribution in [2.45, 2.75) is 64.8 Å². The number of methoxy groups -OCH3 is 1. The van der Waals surface area contributed by atoms with E-state index in [1.54, 1.807) is 16.7 Å². The van der Waals surface area contributed by atoms with Gasteiger partial charge < -0.3 is 14.3 Å². The molecule has 0 saturated heterocycles. The summed E-state index contributed by atoms with van der Waals surface area (Å²) in [5.41, 5.74) is 1.69. The van der Waals surface area contributed by atoms with Gasteiger partial charge in [-0.05, 0) is 48.7 Å². The number of benzene rings is 1. The van der Waals surface area contributed by atoms with Crippen LogP contribution in [-0.2, 0) is 17.1 Å². The van der Waals surface area contributed by atoms with E-state index in [-0.39, 0.29) is 23.7 Å². The predicted molar refractivity (Wildman–Crippen MR) is 109 cm³/mol. The molecular weight excluding hydrogens is 382 g/mol. The zero-order valence-corrected chi connectivity index (χ0v) is 17.7. The van der Waals surface area contributed by atoms with Crippen LogP contribution < -0.4 is 0 Å². The molecule has 2 rings (SSSR count). The first-order valence-corrected chi connectivity index (χ1v) is 10.1. The quantitative estimate of drug-likeness (QED) is 0.397. The minimum atomic E-state index is -2.89. The molecule has 1 aromatic carbocycles. The monoisotopic (exact) mass is 410 g/mol. The summed E-state index contributed by atoms with van der Waals surface area (Å²) in [6, 6.07) is 4.85. The van der Waals surface area contributed by atoms with Crippen molar-refractivity contribution in [3.8, 4) is 0 Å². The van der Waals surface area contributed by atoms with Crippen LogP contribution in [0.5, 0.6) is 0 Å². The number of carbonyl (C=O) groups is 1. The number of esters is 1. The lowest BCUT2D eigenvalue weighted by molar-refractivity contribution is -0.0163. The number of H-pyrrole nitrogens is 1. The second-order valence-electron chi connectivity index (χ2n) is 6.84. The van der Waals surface area contributed by atoms with Gasteiger partial charge in [0.15, 0.2) is 4.77 Å². The number of unbranched alkanes of at least 4 members (excludes halogenated alkanes) is 1. The molecule has 1 atom stereocenters. The molecule has 1 unspecified atom stereocenters. The van der Waals surface area contributed by atoms with Gasteiger partial charge in [0.05, 0.1) is 13.2 Å². The highest BCUT2D eigenvalue weighted by Gasteiger charge is 2.33. The van der Waals surface area contributed by atoms with Gasteiger partial charge in [0.25, 0.3) is 5.92 Å². The van der Waals surface area contributed by atoms with Gasteiger partial charge >= 0.3 is 5.97 Å². The van der Waals surface area contributed by atoms with Crippen LogP contribution in [0.3, 0.4) is 0 Å². The lowest BCUT2D eigenvalue weighted by Gasteiger charge is -2.24. The molecule has 0 saturated carbocycles. The fourth-order valence-electron chi connectivity index (χ4n) is 3.50. The highest BCUT2D eigenvalue weighted by Crippen LogP contribution is 2.38. The van der Waals surface area contributed by atoms with Crippen LogP contribution >= 0.6 is 12.2 Å². The van der Waals surface area contributed by atoms with Crippen LogP contribution in [0.2, 0.25) is 0 Å². The molecule has 2 aromatic rings. The third kappa shape index (κ3) is 4.51. The number of aromatic nitrogens is 2. The Bertz CT molecular complexity index is 874. The molecule has 1 N–H and O–H groups in total. The summed E-state index contributed by atoms with van der Waals surface area (Å²) in [7, 11) is 1.30. The molecule has 0 aliphatic heterocycles. The summed E-state index contributed by atoms with van der Waals surface area (Å²) in [6.07, 6.45) is 3.62. The maximum atomic E-state index is 14.9. The number of aromatic amines is 1. The second-order valence-corrected chi connectivity index (χ2v) is 7.23. The zero-order valence-electron chi connectivity index (χ0n) is 16.9. The third-order valence-electron chi connectivity index (χ3n) is 5.04. The van der Waals surface area contributed by atoms with Crippen LogP contribution in [0.25, 0.3) is 0 Å². The van der Waals surface area contributed by atoms with Crippen LogP contribution in [0.1, 0.15) is 79.7 Å². The van der Waals surface area contributed by atoms with Crippen molar-refractivity contribution in [3.63, 3.8) is 0 Å². The maximum Gasteiger partial charge on any atom is 0.356 e. The molecule has 7 heteroatoms. The molecule has 28 heavy (non-hydrogen) atoms. The number of nitrogens with zero attached hydrogens (tertiary/aromatic N) is 1. The topological polar surface area (TPSA) is 47.0 Å². The number of alkyl halides is 2. The van der Waals surface area contributed by atoms with E-state index < -0.39 is 11.9 Å². The van der Waals surface area contributed by atoms with Crippen molar-refractivity contribution in [3.05, 3.63) is 51.6 Å². The minimum absolute atomic E-state index is 0.0704. The SMILES string of the molecule is CCCCC(F)(F)c1cc(C(CC)n2c(C(=O)OC)c[nH]c2=S)ccc1CC. The Labute approximate surface area is 169 Å². The molecule has 4 nitrogen and oxygen atoms in total. The second kappa shape index (κ2) is 9.45. The van der Waals surface area contributed by atoms with Crippen LogP contribution in [0.4, 0.5) is 8.78 Å². The molecule has 154 valence electrons. The van der Waals surface area contributed by atoms with Gasteiger partial charge in [-0.3, -0.25) is 0 Å². The summed E-state index contributed by atoms with van der Waals surface area (Å²) >= 11 is 5.35. The Morgan fingerprint density at radius 2 is 2.04 bits per heavy atom. The molecule has 0 spiro atoms. The van der Waals surface area contributed by atoms with Crippen molar-refractivity contribution in [2.24, 2.45) is 0 Å². The van der Waals surface area contributed by atoms with Crippen molar-refractivity contribution in [2.75, 3.05) is 7.11 Å². The molecular formula is C21H28F2N2O2S. The lowest BCUT2D eigenvalue weighted by atomic mass is 9.91. The Hall–Kier alpha value is -2.02. The van der Waals surface area contributed by atoms with Gasteiger partial charge in [0, 0.05) is 18.2 Å². The van der Waals surface area contributed by atoms with E-state index in [1.807, 2.05) is 26.8 Å². The van der Waals surface area contributed by atoms with Gasteiger partial charge in [-0.15, -0.1) is 0 Å². The first-order chi connectivity index (χ1) is 13.3. The van der Waals surface area contributed by atoms with Crippen molar-refractivity contribution >= 4 is 18.2 Å². The summed E-state index contributed by atoms with van der Waals surface area (Å²) in [5, 5.41) is 0. The average Bonchev–Trinajstić information content (AvgIpc) is 3.07. The van der Waals surface area contributed by atoms with Crippen molar-refractivity contribution in [1.29, 1.82) is 0 Å². The Kier molecular flexibility index (Phi) is 7.52.